The molecule has 0 saturated heterocycles. The summed E-state index contributed by atoms with van der Waals surface area (Å²) in [6.45, 7) is 2.45. The van der Waals surface area contributed by atoms with Crippen LogP contribution in [0.15, 0.2) is 54.6 Å². The number of carbonyl (C=O) groups excluding carboxylic acids is 1. The van der Waals surface area contributed by atoms with Crippen LogP contribution in [0.25, 0.3) is 6.08 Å². The smallest absolute Gasteiger partial charge is 0.244 e. The standard InChI is InChI=1S/C17H16ClNO/c1-13-5-4-6-14(11-13)9-10-17(20)19-12-15-7-2-3-8-16(15)18/h2-11H,12H2,1H3,(H,19,20)/b10-9+. The van der Waals surface area contributed by atoms with Crippen molar-refractivity contribution in [2.45, 2.75) is 13.5 Å². The van der Waals surface area contributed by atoms with Crippen LogP contribution in [0.4, 0.5) is 0 Å². The molecule has 2 aromatic rings. The third-order valence-electron chi connectivity index (χ3n) is 2.88. The molecule has 3 heteroatoms. The Labute approximate surface area is 124 Å². The van der Waals surface area contributed by atoms with Gasteiger partial charge in [0.15, 0.2) is 0 Å². The van der Waals surface area contributed by atoms with Crippen LogP contribution in [0, 0.1) is 6.92 Å². The lowest BCUT2D eigenvalue weighted by molar-refractivity contribution is -0.116. The largest absolute Gasteiger partial charge is 0.348 e. The first-order chi connectivity index (χ1) is 9.65. The summed E-state index contributed by atoms with van der Waals surface area (Å²) in [6.07, 6.45) is 3.33. The molecule has 1 N–H and O–H groups in total. The van der Waals surface area contributed by atoms with Gasteiger partial charge in [0.05, 0.1) is 0 Å². The summed E-state index contributed by atoms with van der Waals surface area (Å²) in [7, 11) is 0. The molecule has 0 fully saturated rings. The van der Waals surface area contributed by atoms with Gasteiger partial charge < -0.3 is 5.32 Å². The fourth-order valence-electron chi connectivity index (χ4n) is 1.83. The maximum absolute atomic E-state index is 11.7. The average Bonchev–Trinajstić information content (AvgIpc) is 2.44. The van der Waals surface area contributed by atoms with Gasteiger partial charge in [0.25, 0.3) is 0 Å². The summed E-state index contributed by atoms with van der Waals surface area (Å²) < 4.78 is 0. The number of hydrogen-bond donors (Lipinski definition) is 1. The molecule has 2 rings (SSSR count). The molecule has 0 heterocycles. The number of hydrogen-bond acceptors (Lipinski definition) is 1. The van der Waals surface area contributed by atoms with Gasteiger partial charge in [0.2, 0.25) is 5.91 Å². The molecular formula is C17H16ClNO. The Balaban J connectivity index is 1.91. The van der Waals surface area contributed by atoms with Crippen molar-refractivity contribution in [2.24, 2.45) is 0 Å². The molecule has 0 aliphatic heterocycles. The Morgan fingerprint density at radius 3 is 2.75 bits per heavy atom. The summed E-state index contributed by atoms with van der Waals surface area (Å²) in [4.78, 5) is 11.7. The molecule has 0 unspecified atom stereocenters. The van der Waals surface area contributed by atoms with Crippen LogP contribution in [0.2, 0.25) is 5.02 Å². The van der Waals surface area contributed by atoms with Crippen molar-refractivity contribution in [1.82, 2.24) is 5.32 Å². The molecule has 0 spiro atoms. The number of nitrogens with one attached hydrogen (secondary N) is 1. The molecule has 0 atom stereocenters. The third-order valence-corrected chi connectivity index (χ3v) is 3.25. The van der Waals surface area contributed by atoms with Crippen LogP contribution in [0.1, 0.15) is 16.7 Å². The molecule has 20 heavy (non-hydrogen) atoms. The van der Waals surface area contributed by atoms with Gasteiger partial charge in [0.1, 0.15) is 0 Å². The highest BCUT2D eigenvalue weighted by Crippen LogP contribution is 2.14. The van der Waals surface area contributed by atoms with Crippen molar-refractivity contribution in [2.75, 3.05) is 0 Å². The number of aryl methyl sites for hydroxylation is 1. The molecule has 1 amide bonds. The number of rotatable bonds is 4. The first-order valence-electron chi connectivity index (χ1n) is 6.41. The van der Waals surface area contributed by atoms with Gasteiger partial charge in [-0.25, -0.2) is 0 Å². The minimum atomic E-state index is -0.133. The van der Waals surface area contributed by atoms with Crippen molar-refractivity contribution in [3.63, 3.8) is 0 Å². The van der Waals surface area contributed by atoms with Crippen LogP contribution < -0.4 is 5.32 Å². The highest BCUT2D eigenvalue weighted by Gasteiger charge is 2.00. The number of carbonyl (C=O) groups is 1. The summed E-state index contributed by atoms with van der Waals surface area (Å²) >= 11 is 6.03. The Kier molecular flexibility index (Phi) is 4.97. The molecule has 102 valence electrons. The van der Waals surface area contributed by atoms with E-state index in [0.717, 1.165) is 11.1 Å². The molecule has 0 radical (unpaired) electrons. The van der Waals surface area contributed by atoms with Crippen molar-refractivity contribution >= 4 is 23.6 Å². The molecule has 0 bridgehead atoms. The quantitative estimate of drug-likeness (QED) is 0.846. The molecule has 0 saturated carbocycles. The van der Waals surface area contributed by atoms with E-state index in [4.69, 9.17) is 11.6 Å². The molecular weight excluding hydrogens is 270 g/mol. The van der Waals surface area contributed by atoms with E-state index in [1.807, 2.05) is 55.5 Å². The maximum atomic E-state index is 11.7. The van der Waals surface area contributed by atoms with E-state index >= 15 is 0 Å². The van der Waals surface area contributed by atoms with E-state index in [9.17, 15) is 4.79 Å². The van der Waals surface area contributed by atoms with Gasteiger partial charge in [-0.05, 0) is 30.2 Å². The van der Waals surface area contributed by atoms with E-state index in [0.29, 0.717) is 11.6 Å². The number of amides is 1. The number of halogens is 1. The summed E-state index contributed by atoms with van der Waals surface area (Å²) in [6, 6.07) is 15.5. The maximum Gasteiger partial charge on any atom is 0.244 e. The SMILES string of the molecule is Cc1cccc(/C=C/C(=O)NCc2ccccc2Cl)c1. The second-order valence-corrected chi connectivity index (χ2v) is 4.96. The first-order valence-corrected chi connectivity index (χ1v) is 6.79. The Bertz CT molecular complexity index is 634. The Morgan fingerprint density at radius 1 is 1.20 bits per heavy atom. The Morgan fingerprint density at radius 2 is 2.00 bits per heavy atom. The summed E-state index contributed by atoms with van der Waals surface area (Å²) in [5.41, 5.74) is 3.09. The summed E-state index contributed by atoms with van der Waals surface area (Å²) in [5.74, 6) is -0.133. The Hall–Kier alpha value is -2.06. The van der Waals surface area contributed by atoms with Crippen LogP contribution in [-0.4, -0.2) is 5.91 Å². The van der Waals surface area contributed by atoms with Gasteiger partial charge >= 0.3 is 0 Å². The topological polar surface area (TPSA) is 29.1 Å². The second-order valence-electron chi connectivity index (χ2n) is 4.56. The monoisotopic (exact) mass is 285 g/mol. The predicted octanol–water partition coefficient (Wildman–Crippen LogP) is 3.98. The van der Waals surface area contributed by atoms with Crippen LogP contribution >= 0.6 is 11.6 Å². The van der Waals surface area contributed by atoms with E-state index in [2.05, 4.69) is 5.32 Å². The minimum Gasteiger partial charge on any atom is -0.348 e. The zero-order chi connectivity index (χ0) is 14.4. The van der Waals surface area contributed by atoms with Crippen LogP contribution in [0.5, 0.6) is 0 Å². The normalized spacial score (nSPS) is 10.7. The second kappa shape index (κ2) is 6.92. The molecule has 0 aliphatic carbocycles. The number of benzene rings is 2. The molecule has 0 aliphatic rings. The van der Waals surface area contributed by atoms with Crippen LogP contribution in [0.3, 0.4) is 0 Å². The lowest BCUT2D eigenvalue weighted by Crippen LogP contribution is -2.20. The van der Waals surface area contributed by atoms with Crippen molar-refractivity contribution in [3.05, 3.63) is 76.3 Å². The zero-order valence-corrected chi connectivity index (χ0v) is 12.0. The van der Waals surface area contributed by atoms with E-state index in [-0.39, 0.29) is 5.91 Å². The molecule has 2 aromatic carbocycles. The van der Waals surface area contributed by atoms with Gasteiger partial charge in [-0.3, -0.25) is 4.79 Å². The van der Waals surface area contributed by atoms with Crippen molar-refractivity contribution < 1.29 is 4.79 Å². The lowest BCUT2D eigenvalue weighted by atomic mass is 10.1. The van der Waals surface area contributed by atoms with Gasteiger partial charge in [-0.2, -0.15) is 0 Å². The first kappa shape index (κ1) is 14.4. The molecule has 0 aromatic heterocycles. The fraction of sp³-hybridized carbons (Fsp3) is 0.118. The van der Waals surface area contributed by atoms with Crippen molar-refractivity contribution in [1.29, 1.82) is 0 Å². The van der Waals surface area contributed by atoms with Gasteiger partial charge in [-0.15, -0.1) is 0 Å². The predicted molar refractivity (Wildman–Crippen MR) is 83.5 cm³/mol. The zero-order valence-electron chi connectivity index (χ0n) is 11.3. The minimum absolute atomic E-state index is 0.133. The van der Waals surface area contributed by atoms with Crippen molar-refractivity contribution in [3.8, 4) is 0 Å². The van der Waals surface area contributed by atoms with E-state index < -0.39 is 0 Å². The lowest BCUT2D eigenvalue weighted by Gasteiger charge is -2.04. The van der Waals surface area contributed by atoms with E-state index in [1.165, 1.54) is 11.6 Å². The summed E-state index contributed by atoms with van der Waals surface area (Å²) in [5, 5.41) is 3.48. The fourth-order valence-corrected chi connectivity index (χ4v) is 2.03. The third kappa shape index (κ3) is 4.25. The van der Waals surface area contributed by atoms with Crippen LogP contribution in [-0.2, 0) is 11.3 Å². The van der Waals surface area contributed by atoms with E-state index in [1.54, 1.807) is 6.08 Å². The molecule has 2 nitrogen and oxygen atoms in total. The van der Waals surface area contributed by atoms with Gasteiger partial charge in [-0.1, -0.05) is 59.6 Å². The average molecular weight is 286 g/mol. The highest BCUT2D eigenvalue weighted by atomic mass is 35.5. The van der Waals surface area contributed by atoms with Gasteiger partial charge in [0, 0.05) is 17.6 Å². The highest BCUT2D eigenvalue weighted by molar-refractivity contribution is 6.31.